The fourth-order valence-corrected chi connectivity index (χ4v) is 7.61. The van der Waals surface area contributed by atoms with Crippen molar-refractivity contribution in [3.63, 3.8) is 0 Å². The summed E-state index contributed by atoms with van der Waals surface area (Å²) < 4.78 is 26.9. The Labute approximate surface area is 297 Å². The highest BCUT2D eigenvalue weighted by atomic mass is 32.2. The van der Waals surface area contributed by atoms with Gasteiger partial charge in [-0.2, -0.15) is 5.10 Å². The van der Waals surface area contributed by atoms with Crippen LogP contribution in [-0.4, -0.2) is 96.0 Å². The van der Waals surface area contributed by atoms with E-state index in [1.165, 1.54) is 32.2 Å². The number of para-hydroxylation sites is 1. The summed E-state index contributed by atoms with van der Waals surface area (Å²) in [5.41, 5.74) is 3.09. The lowest BCUT2D eigenvalue weighted by molar-refractivity contribution is -0.117. The molecular weight excluding hydrogens is 671 g/mol. The molecule has 1 saturated heterocycles. The molecular formula is C34H39BN10O5S. The Kier molecular flexibility index (Phi) is 8.84. The number of aromatic nitrogens is 5. The third-order valence-corrected chi connectivity index (χ3v) is 11.5. The van der Waals surface area contributed by atoms with E-state index in [0.717, 1.165) is 47.5 Å². The summed E-state index contributed by atoms with van der Waals surface area (Å²) in [6.45, 7) is 4.36. The number of aliphatic hydroxyl groups is 1. The molecule has 2 radical (unpaired) electrons. The van der Waals surface area contributed by atoms with Gasteiger partial charge in [0.05, 0.1) is 52.5 Å². The van der Waals surface area contributed by atoms with Gasteiger partial charge in [-0.1, -0.05) is 32.0 Å². The van der Waals surface area contributed by atoms with Crippen molar-refractivity contribution in [1.82, 2.24) is 35.2 Å². The summed E-state index contributed by atoms with van der Waals surface area (Å²) in [6, 6.07) is 11.7. The molecule has 4 aromatic rings. The number of sulfone groups is 1. The Balaban J connectivity index is 1.18. The second-order valence-electron chi connectivity index (χ2n) is 13.1. The number of carbonyl (C=O) groups excluding carboxylic acids is 2. The smallest absolute Gasteiger partial charge is 0.273 e. The number of hydrogen-bond donors (Lipinski definition) is 4. The van der Waals surface area contributed by atoms with Crippen molar-refractivity contribution in [1.29, 1.82) is 0 Å². The average Bonchev–Trinajstić information content (AvgIpc) is 3.88. The first-order chi connectivity index (χ1) is 24.4. The molecule has 4 N–H and O–H groups in total. The molecule has 2 fully saturated rings. The Morgan fingerprint density at radius 3 is 2.49 bits per heavy atom. The number of likely N-dealkylation sites (tertiary alicyclic amines) is 1. The van der Waals surface area contributed by atoms with Crippen LogP contribution in [0.15, 0.2) is 53.7 Å². The van der Waals surface area contributed by atoms with E-state index < -0.39 is 21.4 Å². The maximum atomic E-state index is 12.8. The minimum atomic E-state index is -3.58. The molecule has 1 saturated carbocycles. The predicted molar refractivity (Wildman–Crippen MR) is 191 cm³/mol. The molecule has 1 aromatic carbocycles. The van der Waals surface area contributed by atoms with Crippen LogP contribution >= 0.6 is 0 Å². The molecule has 0 spiro atoms. The van der Waals surface area contributed by atoms with Crippen molar-refractivity contribution in [3.05, 3.63) is 65.7 Å². The molecule has 3 aliphatic rings. The number of benzene rings is 1. The molecule has 7 rings (SSSR count). The zero-order chi connectivity index (χ0) is 36.2. The van der Waals surface area contributed by atoms with Gasteiger partial charge in [0, 0.05) is 50.3 Å². The highest BCUT2D eigenvalue weighted by molar-refractivity contribution is 7.91. The predicted octanol–water partition coefficient (Wildman–Crippen LogP) is 2.71. The van der Waals surface area contributed by atoms with Crippen molar-refractivity contribution in [2.45, 2.75) is 55.8 Å². The summed E-state index contributed by atoms with van der Waals surface area (Å²) in [4.78, 5) is 33.3. The number of hydrogen-bond acceptors (Lipinski definition) is 12. The number of nitrogens with one attached hydrogen (secondary N) is 3. The summed E-state index contributed by atoms with van der Waals surface area (Å²) in [6.07, 6.45) is 4.28. The molecule has 3 aromatic heterocycles. The van der Waals surface area contributed by atoms with Gasteiger partial charge in [0.2, 0.25) is 5.91 Å². The van der Waals surface area contributed by atoms with Crippen LogP contribution < -0.4 is 20.9 Å². The topological polar surface area (TPSA) is 188 Å². The zero-order valence-corrected chi connectivity index (χ0v) is 29.6. The highest BCUT2D eigenvalue weighted by Crippen LogP contribution is 2.50. The average molecular weight is 711 g/mol. The van der Waals surface area contributed by atoms with E-state index in [9.17, 15) is 23.1 Å². The van der Waals surface area contributed by atoms with E-state index >= 15 is 0 Å². The molecule has 17 heteroatoms. The minimum Gasteiger partial charge on any atom is -0.379 e. The molecule has 264 valence electrons. The lowest BCUT2D eigenvalue weighted by Gasteiger charge is -2.49. The van der Waals surface area contributed by atoms with E-state index in [4.69, 9.17) is 12.9 Å². The monoisotopic (exact) mass is 710 g/mol. The lowest BCUT2D eigenvalue weighted by atomic mass is 9.82. The number of pyridine rings is 1. The fourth-order valence-electron chi connectivity index (χ4n) is 6.79. The molecule has 2 aliphatic heterocycles. The van der Waals surface area contributed by atoms with Crippen molar-refractivity contribution < 1.29 is 23.1 Å². The maximum Gasteiger partial charge on any atom is 0.273 e. The van der Waals surface area contributed by atoms with Gasteiger partial charge in [0.25, 0.3) is 5.91 Å². The maximum absolute atomic E-state index is 12.8. The quantitative estimate of drug-likeness (QED) is 0.167. The zero-order valence-electron chi connectivity index (χ0n) is 28.8. The standard InChI is InChI=1S/C34H39BN10O5S/c1-5-25-31-22(16-37-45(31)20-17-44(18-20)34(35,48)26-11-8-12-28(39-26)51(49,50)6-2)21-9-7-10-23(30(21)43(25)4)38-24-15-27(40-32(46)19-13-14-19)41-42-29(24)33(47)36-3/h7-12,15-16,19-20,25,48H,5-6,13-14,17-18H2,1-4H3,(H,36,47)(H2,38,40,41,46). The van der Waals surface area contributed by atoms with Gasteiger partial charge < -0.3 is 26.0 Å². The Morgan fingerprint density at radius 2 is 1.80 bits per heavy atom. The fraction of sp³-hybridized carbons (Fsp3) is 0.412. The molecule has 0 bridgehead atoms. The molecule has 15 nitrogen and oxygen atoms in total. The molecule has 1 aliphatic carbocycles. The number of rotatable bonds is 11. The third kappa shape index (κ3) is 6.12. The Hall–Kier alpha value is -4.87. The van der Waals surface area contributed by atoms with E-state index in [2.05, 4.69) is 43.0 Å². The Morgan fingerprint density at radius 1 is 1.06 bits per heavy atom. The largest absolute Gasteiger partial charge is 0.379 e. The van der Waals surface area contributed by atoms with Crippen molar-refractivity contribution in [3.8, 4) is 11.1 Å². The van der Waals surface area contributed by atoms with Gasteiger partial charge in [-0.05, 0) is 37.5 Å². The SMILES string of the molecule is [B]C(O)(c1cccc(S(=O)(=O)CC)n1)N1CC(n2ncc3c2C(CC)N(C)c2c(Nc4cc(NC(=O)C5CC5)nnc4C(=O)NC)cccc2-3)C1. The second kappa shape index (κ2) is 13.0. The number of nitrogens with zero attached hydrogens (tertiary/aromatic N) is 7. The number of anilines is 4. The molecule has 5 heterocycles. The lowest BCUT2D eigenvalue weighted by Crippen LogP contribution is -2.59. The first-order valence-corrected chi connectivity index (χ1v) is 18.6. The first kappa shape index (κ1) is 34.6. The van der Waals surface area contributed by atoms with Crippen molar-refractivity contribution >= 4 is 52.4 Å². The highest BCUT2D eigenvalue weighted by Gasteiger charge is 2.44. The van der Waals surface area contributed by atoms with Crippen LogP contribution in [0, 0.1) is 5.92 Å². The van der Waals surface area contributed by atoms with Crippen LogP contribution in [0.4, 0.5) is 22.9 Å². The van der Waals surface area contributed by atoms with Crippen LogP contribution in [0.25, 0.3) is 11.1 Å². The van der Waals surface area contributed by atoms with E-state index in [1.54, 1.807) is 11.0 Å². The van der Waals surface area contributed by atoms with Gasteiger partial charge in [-0.25, -0.2) is 13.4 Å². The van der Waals surface area contributed by atoms with E-state index in [1.807, 2.05) is 36.1 Å². The molecule has 51 heavy (non-hydrogen) atoms. The van der Waals surface area contributed by atoms with E-state index in [-0.39, 0.29) is 51.9 Å². The van der Waals surface area contributed by atoms with Gasteiger partial charge >= 0.3 is 0 Å². The normalized spacial score (nSPS) is 18.6. The third-order valence-electron chi connectivity index (χ3n) is 9.88. The van der Waals surface area contributed by atoms with Crippen LogP contribution in [0.2, 0.25) is 0 Å². The first-order valence-electron chi connectivity index (χ1n) is 17.0. The van der Waals surface area contributed by atoms with Crippen LogP contribution in [-0.2, 0) is 20.3 Å². The molecule has 2 atom stereocenters. The number of fused-ring (bicyclic) bond motifs is 3. The number of amides is 2. The number of carbonyl (C=O) groups is 2. The van der Waals surface area contributed by atoms with Gasteiger partial charge in [0.15, 0.2) is 26.4 Å². The summed E-state index contributed by atoms with van der Waals surface area (Å²) >= 11 is 0. The summed E-state index contributed by atoms with van der Waals surface area (Å²) in [5, 5.41) is 33.1. The van der Waals surface area contributed by atoms with Crippen molar-refractivity contribution in [2.24, 2.45) is 5.92 Å². The Bertz CT molecular complexity index is 2130. The van der Waals surface area contributed by atoms with Gasteiger partial charge in [-0.3, -0.25) is 19.2 Å². The van der Waals surface area contributed by atoms with Gasteiger partial charge in [-0.15, -0.1) is 10.2 Å². The van der Waals surface area contributed by atoms with Crippen molar-refractivity contribution in [2.75, 3.05) is 48.5 Å². The minimum absolute atomic E-state index is 0.0250. The van der Waals surface area contributed by atoms with Crippen LogP contribution in [0.5, 0.6) is 0 Å². The van der Waals surface area contributed by atoms with E-state index in [0.29, 0.717) is 18.8 Å². The summed E-state index contributed by atoms with van der Waals surface area (Å²) in [7, 11) is 6.33. The summed E-state index contributed by atoms with van der Waals surface area (Å²) in [5.74, 6) is -0.428. The van der Waals surface area contributed by atoms with Crippen LogP contribution in [0.1, 0.15) is 67.1 Å². The second-order valence-corrected chi connectivity index (χ2v) is 15.4. The van der Waals surface area contributed by atoms with Crippen LogP contribution in [0.3, 0.4) is 0 Å². The molecule has 2 amide bonds. The molecule has 2 unspecified atom stereocenters. The van der Waals surface area contributed by atoms with Gasteiger partial charge in [0.1, 0.15) is 13.5 Å².